The molecule has 1 aromatic heterocycles. The monoisotopic (exact) mass is 398 g/mol. The van der Waals surface area contributed by atoms with Gasteiger partial charge in [0.15, 0.2) is 0 Å². The molecule has 0 radical (unpaired) electrons. The van der Waals surface area contributed by atoms with Gasteiger partial charge in [0.05, 0.1) is 0 Å². The van der Waals surface area contributed by atoms with Crippen LogP contribution in [0.2, 0.25) is 10.6 Å². The molecule has 6 heteroatoms. The molecule has 1 heterocycles. The zero-order valence-electron chi connectivity index (χ0n) is 15.7. The molecular formula is C20H32Cl2N4. The second-order valence-corrected chi connectivity index (χ2v) is 8.81. The molecule has 0 spiro atoms. The zero-order valence-corrected chi connectivity index (χ0v) is 17.2. The number of anilines is 1. The number of rotatable bonds is 2. The molecular weight excluding hydrogens is 367 g/mol. The fourth-order valence-corrected chi connectivity index (χ4v) is 4.73. The van der Waals surface area contributed by atoms with Crippen LogP contribution < -0.4 is 5.32 Å². The molecule has 2 aliphatic carbocycles. The normalized spacial score (nSPS) is 28.9. The third-order valence-electron chi connectivity index (χ3n) is 5.99. The van der Waals surface area contributed by atoms with Crippen LogP contribution in [-0.2, 0) is 0 Å². The number of nitrogens with zero attached hydrogens (tertiary/aromatic N) is 3. The minimum absolute atomic E-state index is 0.154. The van der Waals surface area contributed by atoms with E-state index in [-0.39, 0.29) is 10.6 Å². The Morgan fingerprint density at radius 3 is 1.77 bits per heavy atom. The van der Waals surface area contributed by atoms with Gasteiger partial charge < -0.3 is 5.32 Å². The van der Waals surface area contributed by atoms with E-state index in [9.17, 15) is 0 Å². The number of halogens is 2. The maximum absolute atomic E-state index is 5.91. The second-order valence-electron chi connectivity index (χ2n) is 8.13. The Morgan fingerprint density at radius 2 is 1.12 bits per heavy atom. The Balaban J connectivity index is 1.52. The van der Waals surface area contributed by atoms with Gasteiger partial charge in [0, 0.05) is 6.04 Å². The van der Waals surface area contributed by atoms with E-state index >= 15 is 0 Å². The quantitative estimate of drug-likeness (QED) is 0.603. The highest BCUT2D eigenvalue weighted by Crippen LogP contribution is 2.45. The molecule has 26 heavy (non-hydrogen) atoms. The molecule has 2 saturated carbocycles. The lowest BCUT2D eigenvalue weighted by Crippen LogP contribution is -2.21. The summed E-state index contributed by atoms with van der Waals surface area (Å²) in [7, 11) is 0. The molecule has 0 aliphatic heterocycles. The predicted molar refractivity (Wildman–Crippen MR) is 109 cm³/mol. The Morgan fingerprint density at radius 1 is 0.615 bits per heavy atom. The van der Waals surface area contributed by atoms with E-state index in [0.29, 0.717) is 12.0 Å². The molecule has 3 unspecified atom stereocenters. The SMILES string of the molecule is Clc1nc(Cl)nc(NC2CCCCCCCCCCC3CC3CCC2)n1. The lowest BCUT2D eigenvalue weighted by molar-refractivity contribution is 0.475. The number of hydrogen-bond donors (Lipinski definition) is 1. The van der Waals surface area contributed by atoms with Gasteiger partial charge in [0.25, 0.3) is 0 Å². The first-order valence-corrected chi connectivity index (χ1v) is 11.3. The first-order chi connectivity index (χ1) is 12.7. The lowest BCUT2D eigenvalue weighted by Gasteiger charge is -2.19. The van der Waals surface area contributed by atoms with Crippen LogP contribution in [0.4, 0.5) is 5.95 Å². The predicted octanol–water partition coefficient (Wildman–Crippen LogP) is 6.68. The van der Waals surface area contributed by atoms with Gasteiger partial charge in [-0.15, -0.1) is 0 Å². The van der Waals surface area contributed by atoms with Gasteiger partial charge in [-0.25, -0.2) is 0 Å². The molecule has 2 aliphatic rings. The minimum Gasteiger partial charge on any atom is -0.351 e. The Bertz CT molecular complexity index is 534. The van der Waals surface area contributed by atoms with Gasteiger partial charge in [0.2, 0.25) is 16.5 Å². The standard InChI is InChI=1S/C20H32Cl2N4/c21-18-24-19(22)26-20(25-18)23-17-12-8-6-4-2-1-3-5-7-10-15-14-16(15)11-9-13-17/h15-17H,1-14H2,(H,23,24,25,26). The maximum atomic E-state index is 5.91. The summed E-state index contributed by atoms with van der Waals surface area (Å²) in [6.45, 7) is 0. The minimum atomic E-state index is 0.154. The molecule has 0 bridgehead atoms. The van der Waals surface area contributed by atoms with Gasteiger partial charge in [0.1, 0.15) is 0 Å². The molecule has 1 N–H and O–H groups in total. The van der Waals surface area contributed by atoms with Crippen LogP contribution in [0.3, 0.4) is 0 Å². The first kappa shape index (κ1) is 20.1. The average molecular weight is 399 g/mol. The van der Waals surface area contributed by atoms with Crippen molar-refractivity contribution in [3.63, 3.8) is 0 Å². The molecule has 3 atom stereocenters. The van der Waals surface area contributed by atoms with Gasteiger partial charge >= 0.3 is 0 Å². The highest BCUT2D eigenvalue weighted by atomic mass is 35.5. The van der Waals surface area contributed by atoms with Gasteiger partial charge in [-0.05, 0) is 54.3 Å². The summed E-state index contributed by atoms with van der Waals surface area (Å²) in [4.78, 5) is 12.2. The first-order valence-electron chi connectivity index (χ1n) is 10.5. The van der Waals surface area contributed by atoms with Crippen molar-refractivity contribution >= 4 is 29.2 Å². The van der Waals surface area contributed by atoms with E-state index in [0.717, 1.165) is 18.3 Å². The van der Waals surface area contributed by atoms with Crippen molar-refractivity contribution in [1.82, 2.24) is 15.0 Å². The van der Waals surface area contributed by atoms with Crippen LogP contribution in [0.1, 0.15) is 89.9 Å². The molecule has 0 saturated heterocycles. The summed E-state index contributed by atoms with van der Waals surface area (Å²) >= 11 is 11.8. The lowest BCUT2D eigenvalue weighted by atomic mass is 9.98. The maximum Gasteiger partial charge on any atom is 0.228 e. The van der Waals surface area contributed by atoms with Gasteiger partial charge in [-0.2, -0.15) is 15.0 Å². The second kappa shape index (κ2) is 10.7. The Labute approximate surface area is 167 Å². The molecule has 1 aromatic rings. The van der Waals surface area contributed by atoms with Gasteiger partial charge in [-0.3, -0.25) is 0 Å². The number of aromatic nitrogens is 3. The number of nitrogens with one attached hydrogen (secondary N) is 1. The van der Waals surface area contributed by atoms with Gasteiger partial charge in [-0.1, -0.05) is 70.6 Å². The van der Waals surface area contributed by atoms with Crippen LogP contribution in [0.5, 0.6) is 0 Å². The summed E-state index contributed by atoms with van der Waals surface area (Å²) in [6.07, 6.45) is 19.0. The Kier molecular flexibility index (Phi) is 8.25. The fraction of sp³-hybridized carbons (Fsp3) is 0.850. The number of hydrogen-bond acceptors (Lipinski definition) is 4. The molecule has 3 rings (SSSR count). The summed E-state index contributed by atoms with van der Waals surface area (Å²) in [6, 6.07) is 0.398. The smallest absolute Gasteiger partial charge is 0.228 e. The fourth-order valence-electron chi connectivity index (χ4n) is 4.36. The molecule has 2 fully saturated rings. The summed E-state index contributed by atoms with van der Waals surface area (Å²) in [5, 5.41) is 3.77. The summed E-state index contributed by atoms with van der Waals surface area (Å²) in [5.41, 5.74) is 0. The van der Waals surface area contributed by atoms with E-state index in [1.54, 1.807) is 0 Å². The third kappa shape index (κ3) is 7.19. The van der Waals surface area contributed by atoms with E-state index < -0.39 is 0 Å². The Hall–Kier alpha value is -0.610. The van der Waals surface area contributed by atoms with E-state index in [4.69, 9.17) is 23.2 Å². The molecule has 0 aromatic carbocycles. The molecule has 4 nitrogen and oxygen atoms in total. The zero-order chi connectivity index (χ0) is 18.2. The van der Waals surface area contributed by atoms with Crippen molar-refractivity contribution < 1.29 is 0 Å². The van der Waals surface area contributed by atoms with Crippen molar-refractivity contribution in [2.45, 2.75) is 95.9 Å². The van der Waals surface area contributed by atoms with Crippen LogP contribution in [0.25, 0.3) is 0 Å². The topological polar surface area (TPSA) is 50.7 Å². The van der Waals surface area contributed by atoms with E-state index in [2.05, 4.69) is 20.3 Å². The van der Waals surface area contributed by atoms with Crippen LogP contribution in [0.15, 0.2) is 0 Å². The van der Waals surface area contributed by atoms with Crippen molar-refractivity contribution in [2.24, 2.45) is 11.8 Å². The summed E-state index contributed by atoms with van der Waals surface area (Å²) < 4.78 is 0. The van der Waals surface area contributed by atoms with E-state index in [1.807, 2.05) is 0 Å². The van der Waals surface area contributed by atoms with Crippen LogP contribution in [0, 0.1) is 11.8 Å². The van der Waals surface area contributed by atoms with Crippen molar-refractivity contribution in [3.8, 4) is 0 Å². The number of fused-ring (bicyclic) bond motifs is 1. The van der Waals surface area contributed by atoms with Crippen molar-refractivity contribution in [2.75, 3.05) is 5.32 Å². The van der Waals surface area contributed by atoms with Crippen LogP contribution >= 0.6 is 23.2 Å². The molecule has 146 valence electrons. The van der Waals surface area contributed by atoms with E-state index in [1.165, 1.54) is 83.5 Å². The average Bonchev–Trinajstić information content (AvgIpc) is 3.32. The van der Waals surface area contributed by atoms with Crippen LogP contribution in [-0.4, -0.2) is 21.0 Å². The highest BCUT2D eigenvalue weighted by molar-refractivity contribution is 6.31. The molecule has 0 amide bonds. The largest absolute Gasteiger partial charge is 0.351 e. The third-order valence-corrected chi connectivity index (χ3v) is 6.33. The van der Waals surface area contributed by atoms with Crippen molar-refractivity contribution in [1.29, 1.82) is 0 Å². The summed E-state index contributed by atoms with van der Waals surface area (Å²) in [5.74, 6) is 2.53. The van der Waals surface area contributed by atoms with Crippen molar-refractivity contribution in [3.05, 3.63) is 10.6 Å². The highest BCUT2D eigenvalue weighted by Gasteiger charge is 2.35.